The van der Waals surface area contributed by atoms with Crippen LogP contribution in [0.25, 0.3) is 10.9 Å². The molecular formula is C33H40N2O3. The number of methoxy groups -OCH3 is 1. The maximum Gasteiger partial charge on any atom is 0.313 e. The minimum atomic E-state index is -0.392. The van der Waals surface area contributed by atoms with Gasteiger partial charge in [0, 0.05) is 23.7 Å². The number of carbonyl (C=O) groups is 1. The van der Waals surface area contributed by atoms with Crippen molar-refractivity contribution in [2.75, 3.05) is 20.2 Å². The molecule has 6 rings (SSSR count). The molecule has 5 nitrogen and oxygen atoms in total. The minimum absolute atomic E-state index is 0.117. The number of aromatic nitrogens is 1. The predicted molar refractivity (Wildman–Crippen MR) is 152 cm³/mol. The molecule has 4 heterocycles. The standard InChI is InChI=1S/C33H40N2O3/c1-6-24-20-35-16-14-26(24)18-31(35)32(28-13-15-34-30-12-11-27(37-5)19-29(28)30)38-33(36)22(4)25-9-7-23(8-10-25)17-21(2)3/h6-13,15,19,21-22,24,26,31-32H,1,14,16-18,20H2,2-5H3/t22-,24+,26+,31-,32-/m1/s1. The van der Waals surface area contributed by atoms with Crippen LogP contribution in [0.5, 0.6) is 5.75 Å². The molecule has 3 aliphatic heterocycles. The second-order valence-electron chi connectivity index (χ2n) is 11.4. The fraction of sp³-hybridized carbons (Fsp3) is 0.455. The molecule has 0 amide bonds. The normalized spacial score (nSPS) is 24.2. The Morgan fingerprint density at radius 2 is 1.95 bits per heavy atom. The van der Waals surface area contributed by atoms with E-state index >= 15 is 0 Å². The second kappa shape index (κ2) is 11.3. The molecule has 200 valence electrons. The van der Waals surface area contributed by atoms with Crippen LogP contribution in [0.15, 0.2) is 67.4 Å². The molecule has 1 unspecified atom stereocenters. The van der Waals surface area contributed by atoms with Crippen molar-refractivity contribution in [3.05, 3.63) is 84.1 Å². The summed E-state index contributed by atoms with van der Waals surface area (Å²) in [5.74, 6) is 1.88. The summed E-state index contributed by atoms with van der Waals surface area (Å²) < 4.78 is 12.0. The number of esters is 1. The Balaban J connectivity index is 1.47. The zero-order valence-corrected chi connectivity index (χ0v) is 23.1. The molecule has 3 fully saturated rings. The maximum absolute atomic E-state index is 13.7. The molecule has 0 saturated carbocycles. The van der Waals surface area contributed by atoms with Crippen molar-refractivity contribution >= 4 is 16.9 Å². The fourth-order valence-electron chi connectivity index (χ4n) is 6.34. The Bertz CT molecular complexity index is 1290. The molecule has 2 aromatic carbocycles. The summed E-state index contributed by atoms with van der Waals surface area (Å²) in [5.41, 5.74) is 4.15. The highest BCUT2D eigenvalue weighted by Gasteiger charge is 2.44. The molecule has 38 heavy (non-hydrogen) atoms. The molecule has 0 N–H and O–H groups in total. The topological polar surface area (TPSA) is 51.7 Å². The Morgan fingerprint density at radius 3 is 2.61 bits per heavy atom. The van der Waals surface area contributed by atoms with Crippen LogP contribution in [-0.2, 0) is 16.0 Å². The van der Waals surface area contributed by atoms with E-state index in [1.54, 1.807) is 7.11 Å². The lowest BCUT2D eigenvalue weighted by Gasteiger charge is -2.51. The molecule has 3 saturated heterocycles. The first kappa shape index (κ1) is 26.4. The van der Waals surface area contributed by atoms with Gasteiger partial charge in [-0.25, -0.2) is 0 Å². The summed E-state index contributed by atoms with van der Waals surface area (Å²) in [7, 11) is 1.67. The molecule has 0 aliphatic carbocycles. The highest BCUT2D eigenvalue weighted by molar-refractivity contribution is 5.85. The molecule has 5 heteroatoms. The van der Waals surface area contributed by atoms with Crippen molar-refractivity contribution in [2.45, 2.75) is 58.1 Å². The number of fused-ring (bicyclic) bond motifs is 4. The number of hydrogen-bond acceptors (Lipinski definition) is 5. The van der Waals surface area contributed by atoms with Gasteiger partial charge in [0.1, 0.15) is 11.9 Å². The van der Waals surface area contributed by atoms with E-state index in [-0.39, 0.29) is 17.9 Å². The third kappa shape index (κ3) is 5.35. The average Bonchev–Trinajstić information content (AvgIpc) is 2.95. The lowest BCUT2D eigenvalue weighted by Crippen LogP contribution is -2.55. The summed E-state index contributed by atoms with van der Waals surface area (Å²) in [6.07, 6.45) is 6.72. The number of rotatable bonds is 9. The second-order valence-corrected chi connectivity index (χ2v) is 11.4. The third-order valence-electron chi connectivity index (χ3n) is 8.51. The van der Waals surface area contributed by atoms with Crippen LogP contribution in [0.3, 0.4) is 0 Å². The van der Waals surface area contributed by atoms with Crippen LogP contribution in [0.2, 0.25) is 0 Å². The zero-order valence-electron chi connectivity index (χ0n) is 23.1. The smallest absolute Gasteiger partial charge is 0.313 e. The number of pyridine rings is 1. The monoisotopic (exact) mass is 512 g/mol. The van der Waals surface area contributed by atoms with Crippen LogP contribution in [0.4, 0.5) is 0 Å². The van der Waals surface area contributed by atoms with Crippen LogP contribution >= 0.6 is 0 Å². The van der Waals surface area contributed by atoms with Crippen molar-refractivity contribution < 1.29 is 14.3 Å². The van der Waals surface area contributed by atoms with Gasteiger partial charge in [0.2, 0.25) is 0 Å². The van der Waals surface area contributed by atoms with E-state index in [1.807, 2.05) is 37.4 Å². The van der Waals surface area contributed by atoms with Gasteiger partial charge in [-0.3, -0.25) is 14.7 Å². The van der Waals surface area contributed by atoms with Gasteiger partial charge in [0.15, 0.2) is 0 Å². The largest absolute Gasteiger partial charge is 0.497 e. The first-order valence-electron chi connectivity index (χ1n) is 14.0. The van der Waals surface area contributed by atoms with Crippen molar-refractivity contribution in [2.24, 2.45) is 17.8 Å². The summed E-state index contributed by atoms with van der Waals surface area (Å²) in [5, 5.41) is 0.971. The molecule has 0 spiro atoms. The van der Waals surface area contributed by atoms with Gasteiger partial charge in [0.25, 0.3) is 0 Å². The van der Waals surface area contributed by atoms with E-state index in [4.69, 9.17) is 9.47 Å². The average molecular weight is 513 g/mol. The van der Waals surface area contributed by atoms with Gasteiger partial charge < -0.3 is 9.47 Å². The van der Waals surface area contributed by atoms with Crippen LogP contribution < -0.4 is 4.74 Å². The van der Waals surface area contributed by atoms with E-state index in [0.29, 0.717) is 17.8 Å². The number of hydrogen-bond donors (Lipinski definition) is 0. The van der Waals surface area contributed by atoms with Gasteiger partial charge in [0.05, 0.1) is 24.6 Å². The van der Waals surface area contributed by atoms with Crippen molar-refractivity contribution in [3.8, 4) is 5.75 Å². The van der Waals surface area contributed by atoms with Gasteiger partial charge in [-0.15, -0.1) is 6.58 Å². The Labute approximate surface area is 226 Å². The summed E-state index contributed by atoms with van der Waals surface area (Å²) >= 11 is 0. The quantitative estimate of drug-likeness (QED) is 0.235. The van der Waals surface area contributed by atoms with E-state index in [0.717, 1.165) is 60.1 Å². The van der Waals surface area contributed by atoms with Crippen molar-refractivity contribution in [1.29, 1.82) is 0 Å². The molecule has 3 aliphatic rings. The number of benzene rings is 2. The van der Waals surface area contributed by atoms with Gasteiger partial charge in [-0.2, -0.15) is 0 Å². The van der Waals surface area contributed by atoms with Gasteiger partial charge >= 0.3 is 5.97 Å². The predicted octanol–water partition coefficient (Wildman–Crippen LogP) is 6.73. The van der Waals surface area contributed by atoms with E-state index in [1.165, 1.54) is 5.56 Å². The molecule has 6 atom stereocenters. The Kier molecular flexibility index (Phi) is 7.85. The highest BCUT2D eigenvalue weighted by Crippen LogP contribution is 2.44. The zero-order chi connectivity index (χ0) is 26.8. The number of nitrogens with zero attached hydrogens (tertiary/aromatic N) is 2. The Hall–Kier alpha value is -3.18. The van der Waals surface area contributed by atoms with Crippen molar-refractivity contribution in [3.63, 3.8) is 0 Å². The summed E-state index contributed by atoms with van der Waals surface area (Å²) in [6.45, 7) is 12.5. The Morgan fingerprint density at radius 1 is 1.16 bits per heavy atom. The third-order valence-corrected chi connectivity index (χ3v) is 8.51. The number of ether oxygens (including phenoxy) is 2. The summed E-state index contributed by atoms with van der Waals surface area (Å²) in [4.78, 5) is 20.8. The maximum atomic E-state index is 13.7. The molecule has 0 radical (unpaired) electrons. The van der Waals surface area contributed by atoms with Gasteiger partial charge in [-0.1, -0.05) is 44.2 Å². The lowest BCUT2D eigenvalue weighted by molar-refractivity contribution is -0.158. The molecular weight excluding hydrogens is 472 g/mol. The molecule has 3 aromatic rings. The highest BCUT2D eigenvalue weighted by atomic mass is 16.5. The minimum Gasteiger partial charge on any atom is -0.497 e. The number of carbonyl (C=O) groups excluding carboxylic acids is 1. The SMILES string of the molecule is C=C[C@H]1CN2CC[C@H]1C[C@@H]2[C@H](OC(=O)[C@H](C)c1ccc(CC(C)C)cc1)c1ccnc2ccc(OC)cc12. The molecule has 1 aromatic heterocycles. The van der Waals surface area contributed by atoms with Gasteiger partial charge in [-0.05, 0) is 85.9 Å². The first-order chi connectivity index (χ1) is 18.4. The van der Waals surface area contributed by atoms with E-state index in [2.05, 4.69) is 60.7 Å². The van der Waals surface area contributed by atoms with Crippen LogP contribution in [0.1, 0.15) is 62.3 Å². The lowest BCUT2D eigenvalue weighted by atomic mass is 9.73. The van der Waals surface area contributed by atoms with Crippen molar-refractivity contribution in [1.82, 2.24) is 9.88 Å². The van der Waals surface area contributed by atoms with Crippen LogP contribution in [-0.4, -0.2) is 42.1 Å². The van der Waals surface area contributed by atoms with E-state index in [9.17, 15) is 4.79 Å². The summed E-state index contributed by atoms with van der Waals surface area (Å²) in [6, 6.07) is 16.5. The van der Waals surface area contributed by atoms with E-state index < -0.39 is 6.10 Å². The molecule has 2 bridgehead atoms. The fourth-order valence-corrected chi connectivity index (χ4v) is 6.34. The first-order valence-corrected chi connectivity index (χ1v) is 14.0. The number of piperidine rings is 3. The van der Waals surface area contributed by atoms with Crippen LogP contribution in [0, 0.1) is 17.8 Å².